The first-order chi connectivity index (χ1) is 5.86. The van der Waals surface area contributed by atoms with Crippen LogP contribution in [0, 0.1) is 0 Å². The molecule has 1 saturated heterocycles. The minimum Gasteiger partial charge on any atom is -0.375 e. The van der Waals surface area contributed by atoms with Crippen LogP contribution in [0.15, 0.2) is 6.20 Å². The number of aromatic nitrogens is 1. The molecule has 1 aromatic heterocycles. The van der Waals surface area contributed by atoms with Crippen molar-refractivity contribution in [2.24, 2.45) is 0 Å². The first-order valence-corrected chi connectivity index (χ1v) is 5.01. The fourth-order valence-electron chi connectivity index (χ4n) is 1.41. The van der Waals surface area contributed by atoms with Gasteiger partial charge in [-0.25, -0.2) is 4.98 Å². The summed E-state index contributed by atoms with van der Waals surface area (Å²) in [5.41, 5.74) is 5.54. The van der Waals surface area contributed by atoms with Crippen LogP contribution in [0.25, 0.3) is 0 Å². The van der Waals surface area contributed by atoms with E-state index in [1.54, 1.807) is 0 Å². The SMILES string of the molecule is Nc1ncc(C2CCCCO2)s1. The van der Waals surface area contributed by atoms with E-state index < -0.39 is 0 Å². The normalized spacial score (nSPS) is 24.2. The molecule has 2 rings (SSSR count). The molecule has 0 radical (unpaired) electrons. The van der Waals surface area contributed by atoms with Gasteiger partial charge >= 0.3 is 0 Å². The minimum absolute atomic E-state index is 0.258. The van der Waals surface area contributed by atoms with Crippen LogP contribution in [-0.2, 0) is 4.74 Å². The summed E-state index contributed by atoms with van der Waals surface area (Å²) in [6, 6.07) is 0. The van der Waals surface area contributed by atoms with E-state index >= 15 is 0 Å². The fourth-order valence-corrected chi connectivity index (χ4v) is 2.18. The van der Waals surface area contributed by atoms with E-state index in [4.69, 9.17) is 10.5 Å². The molecule has 0 aromatic carbocycles. The number of nitrogens with two attached hydrogens (primary N) is 1. The Bertz CT molecular complexity index is 255. The number of thiazole rings is 1. The van der Waals surface area contributed by atoms with E-state index in [1.165, 1.54) is 29.1 Å². The minimum atomic E-state index is 0.258. The van der Waals surface area contributed by atoms with Gasteiger partial charge in [0.05, 0.1) is 11.0 Å². The Morgan fingerprint density at radius 1 is 1.58 bits per heavy atom. The van der Waals surface area contributed by atoms with Gasteiger partial charge < -0.3 is 10.5 Å². The Labute approximate surface area is 75.6 Å². The number of hydrogen-bond acceptors (Lipinski definition) is 4. The van der Waals surface area contributed by atoms with E-state index in [0.717, 1.165) is 13.0 Å². The molecule has 0 aliphatic carbocycles. The molecule has 0 bridgehead atoms. The molecule has 1 aliphatic rings. The van der Waals surface area contributed by atoms with Gasteiger partial charge in [-0.2, -0.15) is 0 Å². The van der Waals surface area contributed by atoms with Crippen molar-refractivity contribution in [1.82, 2.24) is 4.98 Å². The van der Waals surface area contributed by atoms with Crippen molar-refractivity contribution in [3.05, 3.63) is 11.1 Å². The van der Waals surface area contributed by atoms with Crippen LogP contribution in [0.4, 0.5) is 5.13 Å². The van der Waals surface area contributed by atoms with Gasteiger partial charge in [-0.1, -0.05) is 11.3 Å². The number of nitrogens with zero attached hydrogens (tertiary/aromatic N) is 1. The van der Waals surface area contributed by atoms with Gasteiger partial charge in [0.2, 0.25) is 0 Å². The van der Waals surface area contributed by atoms with Crippen molar-refractivity contribution in [3.63, 3.8) is 0 Å². The molecule has 66 valence electrons. The van der Waals surface area contributed by atoms with Gasteiger partial charge in [0, 0.05) is 12.8 Å². The number of nitrogen functional groups attached to an aromatic ring is 1. The smallest absolute Gasteiger partial charge is 0.180 e. The van der Waals surface area contributed by atoms with Crippen LogP contribution < -0.4 is 5.73 Å². The summed E-state index contributed by atoms with van der Waals surface area (Å²) in [5.74, 6) is 0. The topological polar surface area (TPSA) is 48.1 Å². The van der Waals surface area contributed by atoms with Gasteiger partial charge in [0.25, 0.3) is 0 Å². The fraction of sp³-hybridized carbons (Fsp3) is 0.625. The van der Waals surface area contributed by atoms with Crippen LogP contribution in [-0.4, -0.2) is 11.6 Å². The summed E-state index contributed by atoms with van der Waals surface area (Å²) >= 11 is 1.54. The zero-order valence-electron chi connectivity index (χ0n) is 6.82. The van der Waals surface area contributed by atoms with Crippen molar-refractivity contribution in [2.75, 3.05) is 12.3 Å². The molecule has 1 aliphatic heterocycles. The Morgan fingerprint density at radius 2 is 2.50 bits per heavy atom. The van der Waals surface area contributed by atoms with Crippen molar-refractivity contribution < 1.29 is 4.74 Å². The predicted molar refractivity (Wildman–Crippen MR) is 49.1 cm³/mol. The number of anilines is 1. The number of rotatable bonds is 1. The highest BCUT2D eigenvalue weighted by atomic mass is 32.1. The van der Waals surface area contributed by atoms with Crippen LogP contribution in [0.2, 0.25) is 0 Å². The molecule has 1 atom stereocenters. The lowest BCUT2D eigenvalue weighted by molar-refractivity contribution is 0.0171. The quantitative estimate of drug-likeness (QED) is 0.725. The molecule has 1 unspecified atom stereocenters. The van der Waals surface area contributed by atoms with Crippen LogP contribution in [0.3, 0.4) is 0 Å². The van der Waals surface area contributed by atoms with E-state index in [-0.39, 0.29) is 6.10 Å². The van der Waals surface area contributed by atoms with Crippen LogP contribution >= 0.6 is 11.3 Å². The molecule has 0 spiro atoms. The standard InChI is InChI=1S/C8H12N2OS/c9-8-10-5-7(12-8)6-3-1-2-4-11-6/h5-6H,1-4H2,(H2,9,10). The van der Waals surface area contributed by atoms with Gasteiger partial charge in [-0.05, 0) is 19.3 Å². The summed E-state index contributed by atoms with van der Waals surface area (Å²) < 4.78 is 5.59. The average Bonchev–Trinajstić information content (AvgIpc) is 2.54. The third-order valence-electron chi connectivity index (χ3n) is 2.04. The third kappa shape index (κ3) is 1.59. The molecule has 2 heterocycles. The monoisotopic (exact) mass is 184 g/mol. The highest BCUT2D eigenvalue weighted by Crippen LogP contribution is 2.31. The molecule has 12 heavy (non-hydrogen) atoms. The first-order valence-electron chi connectivity index (χ1n) is 4.19. The highest BCUT2D eigenvalue weighted by Gasteiger charge is 2.17. The lowest BCUT2D eigenvalue weighted by Crippen LogP contribution is -2.09. The van der Waals surface area contributed by atoms with Gasteiger partial charge in [-0.3, -0.25) is 0 Å². The Morgan fingerprint density at radius 3 is 3.08 bits per heavy atom. The van der Waals surface area contributed by atoms with E-state index in [1.807, 2.05) is 6.20 Å². The maximum absolute atomic E-state index is 5.59. The maximum atomic E-state index is 5.59. The van der Waals surface area contributed by atoms with Crippen molar-refractivity contribution in [1.29, 1.82) is 0 Å². The van der Waals surface area contributed by atoms with Gasteiger partial charge in [0.15, 0.2) is 5.13 Å². The largest absolute Gasteiger partial charge is 0.375 e. The van der Waals surface area contributed by atoms with Gasteiger partial charge in [0.1, 0.15) is 0 Å². The highest BCUT2D eigenvalue weighted by molar-refractivity contribution is 7.15. The molecule has 4 heteroatoms. The Balaban J connectivity index is 2.08. The predicted octanol–water partition coefficient (Wildman–Crippen LogP) is 1.97. The summed E-state index contributed by atoms with van der Waals surface area (Å²) in [6.07, 6.45) is 5.64. The second kappa shape index (κ2) is 3.41. The summed E-state index contributed by atoms with van der Waals surface area (Å²) in [7, 11) is 0. The van der Waals surface area contributed by atoms with Crippen molar-refractivity contribution >= 4 is 16.5 Å². The molecular weight excluding hydrogens is 172 g/mol. The Kier molecular flexibility index (Phi) is 2.28. The maximum Gasteiger partial charge on any atom is 0.180 e. The van der Waals surface area contributed by atoms with Crippen LogP contribution in [0.1, 0.15) is 30.2 Å². The molecule has 0 saturated carbocycles. The number of hydrogen-bond donors (Lipinski definition) is 1. The summed E-state index contributed by atoms with van der Waals surface area (Å²) in [6.45, 7) is 0.877. The van der Waals surface area contributed by atoms with Gasteiger partial charge in [-0.15, -0.1) is 0 Å². The number of ether oxygens (including phenoxy) is 1. The van der Waals surface area contributed by atoms with Crippen molar-refractivity contribution in [2.45, 2.75) is 25.4 Å². The van der Waals surface area contributed by atoms with E-state index in [0.29, 0.717) is 5.13 Å². The average molecular weight is 184 g/mol. The summed E-state index contributed by atoms with van der Waals surface area (Å²) in [4.78, 5) is 5.18. The van der Waals surface area contributed by atoms with Crippen molar-refractivity contribution in [3.8, 4) is 0 Å². The molecule has 3 nitrogen and oxygen atoms in total. The zero-order chi connectivity index (χ0) is 8.39. The molecule has 1 fully saturated rings. The third-order valence-corrected chi connectivity index (χ3v) is 2.96. The molecule has 0 amide bonds. The summed E-state index contributed by atoms with van der Waals surface area (Å²) in [5, 5.41) is 0.638. The second-order valence-electron chi connectivity index (χ2n) is 2.96. The molecule has 2 N–H and O–H groups in total. The zero-order valence-corrected chi connectivity index (χ0v) is 7.64. The van der Waals surface area contributed by atoms with E-state index in [9.17, 15) is 0 Å². The molecule has 1 aromatic rings. The first kappa shape index (κ1) is 8.01. The lowest BCUT2D eigenvalue weighted by Gasteiger charge is -2.20. The second-order valence-corrected chi connectivity index (χ2v) is 4.05. The van der Waals surface area contributed by atoms with E-state index in [2.05, 4.69) is 4.98 Å². The molecular formula is C8H12N2OS. The lowest BCUT2D eigenvalue weighted by atomic mass is 10.1. The Hall–Kier alpha value is -0.610. The van der Waals surface area contributed by atoms with Crippen LogP contribution in [0.5, 0.6) is 0 Å².